The fourth-order valence-electron chi connectivity index (χ4n) is 1.95. The van der Waals surface area contributed by atoms with E-state index in [2.05, 4.69) is 4.40 Å². The van der Waals surface area contributed by atoms with Crippen molar-refractivity contribution in [2.75, 3.05) is 0 Å². The quantitative estimate of drug-likeness (QED) is 0.772. The number of rotatable bonds is 5. The highest BCUT2D eigenvalue weighted by Gasteiger charge is 2.38. The molecule has 0 amide bonds. The molecule has 1 unspecified atom stereocenters. The summed E-state index contributed by atoms with van der Waals surface area (Å²) in [7, 11) is -4.04. The largest absolute Gasteiger partial charge is 0.461 e. The van der Waals surface area contributed by atoms with Gasteiger partial charge in [-0.15, -0.1) is 4.40 Å². The summed E-state index contributed by atoms with van der Waals surface area (Å²) in [5.74, 6) is -0.724. The second kappa shape index (κ2) is 6.36. The Morgan fingerprint density at radius 1 is 1.29 bits per heavy atom. The molecule has 0 fully saturated rings. The zero-order valence-electron chi connectivity index (χ0n) is 11.9. The zero-order chi connectivity index (χ0) is 15.5. The molecule has 0 aromatic heterocycles. The molecule has 0 aliphatic carbocycles. The van der Waals surface area contributed by atoms with Crippen LogP contribution in [0.2, 0.25) is 0 Å². The number of ether oxygens (including phenoxy) is 1. The highest BCUT2D eigenvalue weighted by Crippen LogP contribution is 2.19. The first-order valence-corrected chi connectivity index (χ1v) is 8.00. The lowest BCUT2D eigenvalue weighted by atomic mass is 10.0. The van der Waals surface area contributed by atoms with Crippen molar-refractivity contribution >= 4 is 22.0 Å². The Labute approximate surface area is 124 Å². The van der Waals surface area contributed by atoms with Gasteiger partial charge in [0.15, 0.2) is 0 Å². The lowest BCUT2D eigenvalue weighted by Crippen LogP contribution is -2.33. The van der Waals surface area contributed by atoms with Crippen LogP contribution in [0.4, 0.5) is 0 Å². The minimum Gasteiger partial charge on any atom is -0.461 e. The van der Waals surface area contributed by atoms with Gasteiger partial charge in [0.05, 0.1) is 11.8 Å². The normalized spacial score (nSPS) is 20.3. The molecule has 1 aliphatic heterocycles. The van der Waals surface area contributed by atoms with Gasteiger partial charge in [-0.05, 0) is 32.3 Å². The van der Waals surface area contributed by atoms with E-state index >= 15 is 0 Å². The summed E-state index contributed by atoms with van der Waals surface area (Å²) < 4.78 is 36.1. The number of nitrogens with zero attached hydrogens (tertiary/aromatic N) is 1. The van der Waals surface area contributed by atoms with Crippen LogP contribution >= 0.6 is 0 Å². The lowest BCUT2D eigenvalue weighted by Gasteiger charge is -2.13. The van der Waals surface area contributed by atoms with E-state index in [1.54, 1.807) is 13.8 Å². The number of carbonyl (C=O) groups is 1. The van der Waals surface area contributed by atoms with Crippen LogP contribution in [0.3, 0.4) is 0 Å². The summed E-state index contributed by atoms with van der Waals surface area (Å²) in [5.41, 5.74) is 1.21. The van der Waals surface area contributed by atoms with E-state index in [4.69, 9.17) is 8.92 Å². The molecule has 6 nitrogen and oxygen atoms in total. The first-order valence-electron chi connectivity index (χ1n) is 6.64. The molecule has 0 N–H and O–H groups in total. The van der Waals surface area contributed by atoms with Crippen LogP contribution in [0.5, 0.6) is 0 Å². The van der Waals surface area contributed by atoms with Crippen LogP contribution < -0.4 is 0 Å². The number of aryl methyl sites for hydroxylation is 1. The van der Waals surface area contributed by atoms with Crippen LogP contribution in [0, 0.1) is 0 Å². The summed E-state index contributed by atoms with van der Waals surface area (Å²) in [5, 5.41) is 0. The summed E-state index contributed by atoms with van der Waals surface area (Å²) in [6, 6.07) is 9.53. The van der Waals surface area contributed by atoms with Gasteiger partial charge in [0.1, 0.15) is 0 Å². The van der Waals surface area contributed by atoms with Crippen molar-refractivity contribution in [1.29, 1.82) is 0 Å². The Morgan fingerprint density at radius 2 is 1.95 bits per heavy atom. The SMILES string of the molecule is CC(C)OC(=O)C1OS(=O)(=O)N=C1CCc1ccccc1. The molecule has 1 heterocycles. The van der Waals surface area contributed by atoms with E-state index in [1.807, 2.05) is 30.3 Å². The smallest absolute Gasteiger partial charge is 0.382 e. The molecule has 0 spiro atoms. The van der Waals surface area contributed by atoms with Crippen LogP contribution in [0.1, 0.15) is 25.8 Å². The third-order valence-corrected chi connectivity index (χ3v) is 3.72. The van der Waals surface area contributed by atoms with Crippen LogP contribution in [-0.2, 0) is 30.4 Å². The van der Waals surface area contributed by atoms with Crippen molar-refractivity contribution in [3.8, 4) is 0 Å². The van der Waals surface area contributed by atoms with Gasteiger partial charge in [0.2, 0.25) is 6.10 Å². The number of hydrogen-bond acceptors (Lipinski definition) is 5. The maximum Gasteiger partial charge on any atom is 0.382 e. The molecule has 0 saturated heterocycles. The Kier molecular flexibility index (Phi) is 4.74. The van der Waals surface area contributed by atoms with E-state index < -0.39 is 22.4 Å². The molecule has 0 bridgehead atoms. The maximum absolute atomic E-state index is 11.9. The average Bonchev–Trinajstić information content (AvgIpc) is 2.72. The highest BCUT2D eigenvalue weighted by atomic mass is 32.2. The van der Waals surface area contributed by atoms with Gasteiger partial charge < -0.3 is 4.74 Å². The minimum absolute atomic E-state index is 0.185. The lowest BCUT2D eigenvalue weighted by molar-refractivity contribution is -0.152. The van der Waals surface area contributed by atoms with E-state index in [9.17, 15) is 13.2 Å². The van der Waals surface area contributed by atoms with Crippen LogP contribution in [0.25, 0.3) is 0 Å². The molecule has 1 atom stereocenters. The van der Waals surface area contributed by atoms with Gasteiger partial charge in [0, 0.05) is 0 Å². The monoisotopic (exact) mass is 311 g/mol. The fraction of sp³-hybridized carbons (Fsp3) is 0.429. The Morgan fingerprint density at radius 3 is 2.57 bits per heavy atom. The molecule has 7 heteroatoms. The Balaban J connectivity index is 2.08. The number of esters is 1. The van der Waals surface area contributed by atoms with Gasteiger partial charge in [-0.3, -0.25) is 0 Å². The Bertz CT molecular complexity index is 637. The number of hydrogen-bond donors (Lipinski definition) is 0. The highest BCUT2D eigenvalue weighted by molar-refractivity contribution is 7.85. The summed E-state index contributed by atoms with van der Waals surface area (Å²) >= 11 is 0. The second-order valence-corrected chi connectivity index (χ2v) is 6.19. The van der Waals surface area contributed by atoms with E-state index in [1.165, 1.54) is 0 Å². The maximum atomic E-state index is 11.9. The van der Waals surface area contributed by atoms with Gasteiger partial charge in [0.25, 0.3) is 0 Å². The van der Waals surface area contributed by atoms with Gasteiger partial charge in [-0.25, -0.2) is 8.98 Å². The van der Waals surface area contributed by atoms with Crippen molar-refractivity contribution in [2.24, 2.45) is 4.40 Å². The molecule has 0 saturated carbocycles. The summed E-state index contributed by atoms with van der Waals surface area (Å²) in [6.07, 6.45) is -0.716. The number of benzene rings is 1. The zero-order valence-corrected chi connectivity index (χ0v) is 12.7. The topological polar surface area (TPSA) is 82.0 Å². The molecular weight excluding hydrogens is 294 g/mol. The van der Waals surface area contributed by atoms with E-state index in [0.717, 1.165) is 5.56 Å². The van der Waals surface area contributed by atoms with Crippen molar-refractivity contribution < 1.29 is 22.1 Å². The molecule has 1 aliphatic rings. The van der Waals surface area contributed by atoms with Gasteiger partial charge in [-0.2, -0.15) is 8.42 Å². The van der Waals surface area contributed by atoms with E-state index in [0.29, 0.717) is 12.8 Å². The van der Waals surface area contributed by atoms with Crippen LogP contribution in [0.15, 0.2) is 34.7 Å². The van der Waals surface area contributed by atoms with Crippen LogP contribution in [-0.4, -0.2) is 32.3 Å². The number of carbonyl (C=O) groups excluding carboxylic acids is 1. The molecule has 1 aromatic rings. The Hall–Kier alpha value is -1.73. The van der Waals surface area contributed by atoms with Crippen molar-refractivity contribution in [1.82, 2.24) is 0 Å². The molecule has 114 valence electrons. The second-order valence-electron chi connectivity index (χ2n) is 4.96. The summed E-state index contributed by atoms with van der Waals surface area (Å²) in [6.45, 7) is 3.37. The first kappa shape index (κ1) is 15.7. The van der Waals surface area contributed by atoms with Crippen molar-refractivity contribution in [3.63, 3.8) is 0 Å². The molecule has 21 heavy (non-hydrogen) atoms. The fourth-order valence-corrected chi connectivity index (χ4v) is 2.90. The first-order chi connectivity index (χ1) is 9.87. The predicted molar refractivity (Wildman–Crippen MR) is 77.2 cm³/mol. The van der Waals surface area contributed by atoms with Gasteiger partial charge in [-0.1, -0.05) is 30.3 Å². The van der Waals surface area contributed by atoms with Crippen molar-refractivity contribution in [2.45, 2.75) is 38.9 Å². The molecule has 0 radical (unpaired) electrons. The molecule has 2 rings (SSSR count). The van der Waals surface area contributed by atoms with Crippen molar-refractivity contribution in [3.05, 3.63) is 35.9 Å². The summed E-state index contributed by atoms with van der Waals surface area (Å²) in [4.78, 5) is 11.9. The molecule has 1 aromatic carbocycles. The minimum atomic E-state index is -4.04. The predicted octanol–water partition coefficient (Wildman–Crippen LogP) is 1.66. The third kappa shape index (κ3) is 4.37. The van der Waals surface area contributed by atoms with E-state index in [-0.39, 0.29) is 11.8 Å². The third-order valence-electron chi connectivity index (χ3n) is 2.83. The average molecular weight is 311 g/mol. The standard InChI is InChI=1S/C14H17NO5S/c1-10(2)19-14(16)13-12(15-21(17,18)20-13)9-8-11-6-4-3-5-7-11/h3-7,10,13H,8-9H2,1-2H3. The van der Waals surface area contributed by atoms with Gasteiger partial charge >= 0.3 is 16.3 Å². The molecular formula is C14H17NO5S.